The Morgan fingerprint density at radius 2 is 1.71 bits per heavy atom. The van der Waals surface area contributed by atoms with E-state index < -0.39 is 6.04 Å². The lowest BCUT2D eigenvalue weighted by molar-refractivity contribution is -0.142. The van der Waals surface area contributed by atoms with Crippen LogP contribution in [0.4, 0.5) is 0 Å². The second-order valence-electron chi connectivity index (χ2n) is 6.74. The summed E-state index contributed by atoms with van der Waals surface area (Å²) in [5.41, 5.74) is 0.966. The first-order valence-electron chi connectivity index (χ1n) is 9.42. The van der Waals surface area contributed by atoms with Crippen LogP contribution in [-0.2, 0) is 16.1 Å². The van der Waals surface area contributed by atoms with E-state index in [9.17, 15) is 9.59 Å². The lowest BCUT2D eigenvalue weighted by Gasteiger charge is -2.29. The minimum Gasteiger partial charge on any atom is -0.484 e. The number of carbonyl (C=O) groups excluding carboxylic acids is 2. The van der Waals surface area contributed by atoms with Crippen LogP contribution in [0.5, 0.6) is 5.75 Å². The molecule has 1 N–H and O–H groups in total. The molecule has 0 unspecified atom stereocenters. The van der Waals surface area contributed by atoms with E-state index in [1.54, 1.807) is 11.8 Å². The molecule has 0 aliphatic rings. The van der Waals surface area contributed by atoms with Crippen LogP contribution in [0.25, 0.3) is 0 Å². The van der Waals surface area contributed by atoms with E-state index in [0.717, 1.165) is 15.6 Å². The van der Waals surface area contributed by atoms with E-state index in [2.05, 4.69) is 27.9 Å². The molecule has 0 saturated heterocycles. The fourth-order valence-corrected chi connectivity index (χ4v) is 2.95. The summed E-state index contributed by atoms with van der Waals surface area (Å²) in [4.78, 5) is 27.1. The Morgan fingerprint density at radius 3 is 2.32 bits per heavy atom. The third kappa shape index (κ3) is 6.82. The molecule has 0 fully saturated rings. The summed E-state index contributed by atoms with van der Waals surface area (Å²) in [5.74, 6) is 0.243. The fraction of sp³-hybridized carbons (Fsp3) is 0.364. The van der Waals surface area contributed by atoms with Crippen LogP contribution in [-0.4, -0.2) is 35.4 Å². The largest absolute Gasteiger partial charge is 0.484 e. The minimum absolute atomic E-state index is 0.0617. The molecule has 2 atom stereocenters. The van der Waals surface area contributed by atoms with Crippen molar-refractivity contribution >= 4 is 34.4 Å². The smallest absolute Gasteiger partial charge is 0.261 e. The third-order valence-corrected chi connectivity index (χ3v) is 5.26. The molecule has 0 spiro atoms. The van der Waals surface area contributed by atoms with Crippen molar-refractivity contribution < 1.29 is 14.3 Å². The van der Waals surface area contributed by atoms with Gasteiger partial charge in [-0.15, -0.1) is 0 Å². The van der Waals surface area contributed by atoms with Crippen molar-refractivity contribution in [1.29, 1.82) is 0 Å². The van der Waals surface area contributed by atoms with Crippen LogP contribution in [0.15, 0.2) is 54.6 Å². The molecule has 0 heterocycles. The number of halogens is 1. The van der Waals surface area contributed by atoms with Crippen LogP contribution in [0, 0.1) is 3.57 Å². The van der Waals surface area contributed by atoms with Gasteiger partial charge in [-0.2, -0.15) is 0 Å². The van der Waals surface area contributed by atoms with Gasteiger partial charge in [-0.05, 0) is 72.7 Å². The quantitative estimate of drug-likeness (QED) is 0.537. The Bertz CT molecular complexity index is 765. The van der Waals surface area contributed by atoms with E-state index in [4.69, 9.17) is 4.74 Å². The van der Waals surface area contributed by atoms with Crippen molar-refractivity contribution in [2.45, 2.75) is 45.8 Å². The average molecular weight is 494 g/mol. The zero-order valence-electron chi connectivity index (χ0n) is 16.5. The Labute approximate surface area is 180 Å². The number of hydrogen-bond acceptors (Lipinski definition) is 3. The van der Waals surface area contributed by atoms with Gasteiger partial charge in [0.05, 0.1) is 0 Å². The van der Waals surface area contributed by atoms with Gasteiger partial charge >= 0.3 is 0 Å². The van der Waals surface area contributed by atoms with Crippen LogP contribution in [0.1, 0.15) is 32.8 Å². The molecular weight excluding hydrogens is 467 g/mol. The summed E-state index contributed by atoms with van der Waals surface area (Å²) in [6.07, 6.45) is 0.834. The Balaban J connectivity index is 2.10. The molecule has 0 aliphatic heterocycles. The number of nitrogens with one attached hydrogen (secondary N) is 1. The molecule has 5 nitrogen and oxygen atoms in total. The van der Waals surface area contributed by atoms with Gasteiger partial charge in [0.1, 0.15) is 11.8 Å². The molecule has 0 saturated carbocycles. The zero-order valence-corrected chi connectivity index (χ0v) is 18.7. The van der Waals surface area contributed by atoms with E-state index in [1.165, 1.54) is 0 Å². The molecule has 2 aromatic carbocycles. The van der Waals surface area contributed by atoms with Crippen molar-refractivity contribution in [3.63, 3.8) is 0 Å². The van der Waals surface area contributed by atoms with Gasteiger partial charge in [0.15, 0.2) is 6.61 Å². The number of rotatable bonds is 9. The van der Waals surface area contributed by atoms with Crippen molar-refractivity contribution in [2.24, 2.45) is 0 Å². The highest BCUT2D eigenvalue weighted by atomic mass is 127. The first-order chi connectivity index (χ1) is 13.4. The summed E-state index contributed by atoms with van der Waals surface area (Å²) in [7, 11) is 0. The highest BCUT2D eigenvalue weighted by Crippen LogP contribution is 2.15. The van der Waals surface area contributed by atoms with Crippen molar-refractivity contribution in [3.05, 3.63) is 63.7 Å². The molecule has 6 heteroatoms. The lowest BCUT2D eigenvalue weighted by Crippen LogP contribution is -2.50. The second kappa shape index (κ2) is 11.0. The number of amides is 2. The van der Waals surface area contributed by atoms with Gasteiger partial charge in [-0.3, -0.25) is 9.59 Å². The molecule has 0 aliphatic carbocycles. The minimum atomic E-state index is -0.595. The molecule has 0 radical (unpaired) electrons. The summed E-state index contributed by atoms with van der Waals surface area (Å²) < 4.78 is 6.74. The average Bonchev–Trinajstić information content (AvgIpc) is 2.71. The van der Waals surface area contributed by atoms with Crippen LogP contribution < -0.4 is 10.1 Å². The van der Waals surface area contributed by atoms with Crippen LogP contribution in [0.2, 0.25) is 0 Å². The third-order valence-electron chi connectivity index (χ3n) is 4.54. The Hall–Kier alpha value is -2.09. The molecule has 0 bridgehead atoms. The summed E-state index contributed by atoms with van der Waals surface area (Å²) >= 11 is 2.21. The van der Waals surface area contributed by atoms with E-state index in [0.29, 0.717) is 12.3 Å². The second-order valence-corrected chi connectivity index (χ2v) is 7.99. The number of nitrogens with zero attached hydrogens (tertiary/aromatic N) is 1. The predicted molar refractivity (Wildman–Crippen MR) is 119 cm³/mol. The molecule has 28 heavy (non-hydrogen) atoms. The standard InChI is InChI=1S/C22H27IN2O3/c1-4-16(2)24-22(27)17(3)25(14-18-8-6-5-7-9-18)21(26)15-28-20-12-10-19(23)11-13-20/h5-13,16-17H,4,14-15H2,1-3H3,(H,24,27)/t16-,17-/m1/s1. The highest BCUT2D eigenvalue weighted by Gasteiger charge is 2.27. The molecule has 150 valence electrons. The molecule has 2 rings (SSSR count). The SMILES string of the molecule is CC[C@@H](C)NC(=O)[C@@H](C)N(Cc1ccccc1)C(=O)COc1ccc(I)cc1. The number of carbonyl (C=O) groups is 2. The normalized spacial score (nSPS) is 12.7. The Kier molecular flexibility index (Phi) is 8.76. The first-order valence-corrected chi connectivity index (χ1v) is 10.5. The Morgan fingerprint density at radius 1 is 1.07 bits per heavy atom. The maximum Gasteiger partial charge on any atom is 0.261 e. The molecule has 2 aromatic rings. The van der Waals surface area contributed by atoms with Gasteiger partial charge < -0.3 is 15.0 Å². The molecule has 0 aromatic heterocycles. The predicted octanol–water partition coefficient (Wildman–Crippen LogP) is 4.00. The highest BCUT2D eigenvalue weighted by molar-refractivity contribution is 14.1. The van der Waals surface area contributed by atoms with Crippen molar-refractivity contribution in [2.75, 3.05) is 6.61 Å². The number of benzene rings is 2. The monoisotopic (exact) mass is 494 g/mol. The lowest BCUT2D eigenvalue weighted by atomic mass is 10.1. The van der Waals surface area contributed by atoms with Gasteiger partial charge in [0.25, 0.3) is 5.91 Å². The molecular formula is C22H27IN2O3. The zero-order chi connectivity index (χ0) is 20.5. The summed E-state index contributed by atoms with van der Waals surface area (Å²) in [6.45, 7) is 5.95. The summed E-state index contributed by atoms with van der Waals surface area (Å²) in [5, 5.41) is 2.96. The number of hydrogen-bond donors (Lipinski definition) is 1. The van der Waals surface area contributed by atoms with Crippen LogP contribution in [0.3, 0.4) is 0 Å². The van der Waals surface area contributed by atoms with Crippen molar-refractivity contribution in [3.8, 4) is 5.75 Å². The van der Waals surface area contributed by atoms with Crippen molar-refractivity contribution in [1.82, 2.24) is 10.2 Å². The maximum absolute atomic E-state index is 12.9. The van der Waals surface area contributed by atoms with E-state index in [-0.39, 0.29) is 24.5 Å². The first kappa shape index (κ1) is 22.2. The van der Waals surface area contributed by atoms with Gasteiger partial charge in [0, 0.05) is 16.2 Å². The number of ether oxygens (including phenoxy) is 1. The van der Waals surface area contributed by atoms with Gasteiger partial charge in [-0.25, -0.2) is 0 Å². The topological polar surface area (TPSA) is 58.6 Å². The maximum atomic E-state index is 12.9. The summed E-state index contributed by atoms with van der Waals surface area (Å²) in [6, 6.07) is 16.6. The van der Waals surface area contributed by atoms with Gasteiger partial charge in [-0.1, -0.05) is 37.3 Å². The van der Waals surface area contributed by atoms with Crippen LogP contribution >= 0.6 is 22.6 Å². The van der Waals surface area contributed by atoms with Gasteiger partial charge in [0.2, 0.25) is 5.91 Å². The van der Waals surface area contributed by atoms with E-state index >= 15 is 0 Å². The van der Waals surface area contributed by atoms with E-state index in [1.807, 2.05) is 68.4 Å². The fourth-order valence-electron chi connectivity index (χ4n) is 2.59. The molecule has 2 amide bonds.